The number of hydrogen-bond acceptors (Lipinski definition) is 6. The highest BCUT2D eigenvalue weighted by Crippen LogP contribution is 2.35. The first-order valence-corrected chi connectivity index (χ1v) is 9.61. The second-order valence-corrected chi connectivity index (χ2v) is 7.47. The number of carbonyl (C=O) groups is 1. The molecule has 0 amide bonds. The van der Waals surface area contributed by atoms with E-state index in [-0.39, 0.29) is 11.2 Å². The van der Waals surface area contributed by atoms with Crippen LogP contribution >= 0.6 is 23.4 Å². The summed E-state index contributed by atoms with van der Waals surface area (Å²) in [4.78, 5) is 11.9. The molecule has 138 valence electrons. The summed E-state index contributed by atoms with van der Waals surface area (Å²) < 4.78 is 12.2. The molecule has 3 aromatic rings. The van der Waals surface area contributed by atoms with Crippen LogP contribution in [0.25, 0.3) is 17.1 Å². The Bertz CT molecular complexity index is 978. The van der Waals surface area contributed by atoms with Crippen LogP contribution in [0.1, 0.15) is 6.42 Å². The molecule has 0 spiro atoms. The minimum absolute atomic E-state index is 0.219. The molecule has 2 heterocycles. The van der Waals surface area contributed by atoms with Crippen LogP contribution in [0.2, 0.25) is 5.02 Å². The Morgan fingerprint density at radius 1 is 1.22 bits per heavy atom. The highest BCUT2D eigenvalue weighted by atomic mass is 35.5. The van der Waals surface area contributed by atoms with Crippen LogP contribution in [-0.4, -0.2) is 39.7 Å². The molecule has 0 bridgehead atoms. The first kappa shape index (κ1) is 17.9. The summed E-state index contributed by atoms with van der Waals surface area (Å²) >= 11 is 7.68. The highest BCUT2D eigenvalue weighted by Gasteiger charge is 2.30. The molecule has 1 saturated heterocycles. The van der Waals surface area contributed by atoms with E-state index >= 15 is 0 Å². The van der Waals surface area contributed by atoms with Crippen molar-refractivity contribution in [2.75, 3.05) is 13.7 Å². The number of carbonyl (C=O) groups excluding carboxylic acids is 1. The quantitative estimate of drug-likeness (QED) is 0.602. The number of halogens is 1. The van der Waals surface area contributed by atoms with Gasteiger partial charge in [0.05, 0.1) is 24.4 Å². The van der Waals surface area contributed by atoms with E-state index in [1.807, 2.05) is 41.0 Å². The van der Waals surface area contributed by atoms with Gasteiger partial charge in [-0.3, -0.25) is 9.36 Å². The van der Waals surface area contributed by atoms with E-state index < -0.39 is 0 Å². The molecular weight excluding hydrogens is 386 g/mol. The zero-order valence-corrected chi connectivity index (χ0v) is 16.0. The maximum absolute atomic E-state index is 11.9. The monoisotopic (exact) mass is 401 g/mol. The van der Waals surface area contributed by atoms with Gasteiger partial charge < -0.3 is 9.47 Å². The highest BCUT2D eigenvalue weighted by molar-refractivity contribution is 8.00. The third-order valence-electron chi connectivity index (χ3n) is 4.19. The van der Waals surface area contributed by atoms with Crippen molar-refractivity contribution in [1.29, 1.82) is 0 Å². The molecule has 0 aliphatic carbocycles. The summed E-state index contributed by atoms with van der Waals surface area (Å²) in [5.74, 6) is 1.04. The summed E-state index contributed by atoms with van der Waals surface area (Å²) in [5.41, 5.74) is 1.70. The Labute approximate surface area is 165 Å². The maximum Gasteiger partial charge on any atom is 0.319 e. The third-order valence-corrected chi connectivity index (χ3v) is 5.68. The molecule has 27 heavy (non-hydrogen) atoms. The van der Waals surface area contributed by atoms with Crippen molar-refractivity contribution in [3.8, 4) is 22.8 Å². The third kappa shape index (κ3) is 3.52. The van der Waals surface area contributed by atoms with Gasteiger partial charge in [-0.05, 0) is 18.2 Å². The van der Waals surface area contributed by atoms with Gasteiger partial charge in [0.1, 0.15) is 11.0 Å². The standard InChI is InChI=1S/C19H16ClN3O3S/c1-25-15-8-7-13(11-14(15)20)23-17(12-5-3-2-4-6-12)21-22-19(23)27-16-9-10-26-18(16)24/h2-8,11,16H,9-10H2,1H3/t16-/m1/s1. The van der Waals surface area contributed by atoms with Crippen LogP contribution < -0.4 is 4.74 Å². The average molecular weight is 402 g/mol. The van der Waals surface area contributed by atoms with Gasteiger partial charge in [-0.2, -0.15) is 0 Å². The Hall–Kier alpha value is -2.51. The number of hydrogen-bond donors (Lipinski definition) is 0. The molecule has 0 radical (unpaired) electrons. The SMILES string of the molecule is COc1ccc(-n2c(S[C@@H]3CCOC3=O)nnc2-c2ccccc2)cc1Cl. The zero-order chi connectivity index (χ0) is 18.8. The number of benzene rings is 2. The molecule has 0 saturated carbocycles. The molecule has 6 nitrogen and oxygen atoms in total. The molecule has 2 aromatic carbocycles. The molecule has 0 N–H and O–H groups in total. The molecule has 1 aliphatic heterocycles. The fourth-order valence-corrected chi connectivity index (χ4v) is 4.13. The summed E-state index contributed by atoms with van der Waals surface area (Å²) in [6.07, 6.45) is 0.653. The van der Waals surface area contributed by atoms with Gasteiger partial charge in [-0.25, -0.2) is 0 Å². The first-order chi connectivity index (χ1) is 13.2. The van der Waals surface area contributed by atoms with Crippen LogP contribution in [0.4, 0.5) is 0 Å². The normalized spacial score (nSPS) is 16.4. The number of cyclic esters (lactones) is 1. The predicted molar refractivity (Wildman–Crippen MR) is 104 cm³/mol. The van der Waals surface area contributed by atoms with Crippen molar-refractivity contribution >= 4 is 29.3 Å². The zero-order valence-electron chi connectivity index (χ0n) is 14.5. The topological polar surface area (TPSA) is 66.2 Å². The molecular formula is C19H16ClN3O3S. The smallest absolute Gasteiger partial charge is 0.319 e. The number of rotatable bonds is 5. The second-order valence-electron chi connectivity index (χ2n) is 5.89. The minimum atomic E-state index is -0.287. The average Bonchev–Trinajstić information content (AvgIpc) is 3.29. The van der Waals surface area contributed by atoms with Crippen molar-refractivity contribution in [3.63, 3.8) is 0 Å². The van der Waals surface area contributed by atoms with Gasteiger partial charge in [-0.1, -0.05) is 53.7 Å². The molecule has 1 aromatic heterocycles. The summed E-state index contributed by atoms with van der Waals surface area (Å²) in [6, 6.07) is 15.2. The van der Waals surface area contributed by atoms with Crippen LogP contribution in [-0.2, 0) is 9.53 Å². The largest absolute Gasteiger partial charge is 0.495 e. The van der Waals surface area contributed by atoms with Gasteiger partial charge >= 0.3 is 5.97 Å². The lowest BCUT2D eigenvalue weighted by Gasteiger charge is -2.13. The molecule has 8 heteroatoms. The van der Waals surface area contributed by atoms with Gasteiger partial charge in [-0.15, -0.1) is 10.2 Å². The van der Waals surface area contributed by atoms with Gasteiger partial charge in [0, 0.05) is 12.0 Å². The van der Waals surface area contributed by atoms with Crippen molar-refractivity contribution < 1.29 is 14.3 Å². The van der Waals surface area contributed by atoms with Gasteiger partial charge in [0.25, 0.3) is 0 Å². The number of esters is 1. The van der Waals surface area contributed by atoms with Gasteiger partial charge in [0.15, 0.2) is 11.0 Å². The number of nitrogens with zero attached hydrogens (tertiary/aromatic N) is 3. The fourth-order valence-electron chi connectivity index (χ4n) is 2.86. The van der Waals surface area contributed by atoms with Crippen molar-refractivity contribution in [1.82, 2.24) is 14.8 Å². The Kier molecular flexibility index (Phi) is 5.05. The fraction of sp³-hybridized carbons (Fsp3) is 0.211. The molecule has 1 aliphatic rings. The first-order valence-electron chi connectivity index (χ1n) is 8.35. The second kappa shape index (κ2) is 7.62. The van der Waals surface area contributed by atoms with E-state index in [4.69, 9.17) is 21.1 Å². The van der Waals surface area contributed by atoms with Crippen molar-refractivity contribution in [3.05, 3.63) is 53.6 Å². The lowest BCUT2D eigenvalue weighted by molar-refractivity contribution is -0.137. The van der Waals surface area contributed by atoms with Crippen molar-refractivity contribution in [2.24, 2.45) is 0 Å². The maximum atomic E-state index is 11.9. The lowest BCUT2D eigenvalue weighted by Crippen LogP contribution is -2.11. The van der Waals surface area contributed by atoms with E-state index in [0.29, 0.717) is 34.8 Å². The summed E-state index contributed by atoms with van der Waals surface area (Å²) in [6.45, 7) is 0.435. The molecule has 0 unspecified atom stereocenters. The number of aromatic nitrogens is 3. The van der Waals surface area contributed by atoms with E-state index in [1.54, 1.807) is 19.2 Å². The Morgan fingerprint density at radius 2 is 2.04 bits per heavy atom. The molecule has 4 rings (SSSR count). The van der Waals surface area contributed by atoms with Crippen LogP contribution in [0.15, 0.2) is 53.7 Å². The Balaban J connectivity index is 1.82. The predicted octanol–water partition coefficient (Wildman–Crippen LogP) is 4.00. The lowest BCUT2D eigenvalue weighted by atomic mass is 10.2. The van der Waals surface area contributed by atoms with Crippen LogP contribution in [0, 0.1) is 0 Å². The van der Waals surface area contributed by atoms with Crippen LogP contribution in [0.5, 0.6) is 5.75 Å². The van der Waals surface area contributed by atoms with E-state index in [9.17, 15) is 4.79 Å². The van der Waals surface area contributed by atoms with E-state index in [1.165, 1.54) is 11.8 Å². The van der Waals surface area contributed by atoms with E-state index in [0.717, 1.165) is 11.3 Å². The van der Waals surface area contributed by atoms with Gasteiger partial charge in [0.2, 0.25) is 0 Å². The van der Waals surface area contributed by atoms with Crippen molar-refractivity contribution in [2.45, 2.75) is 16.8 Å². The minimum Gasteiger partial charge on any atom is -0.495 e. The summed E-state index contributed by atoms with van der Waals surface area (Å²) in [7, 11) is 1.57. The number of ether oxygens (including phenoxy) is 2. The Morgan fingerprint density at radius 3 is 2.70 bits per heavy atom. The van der Waals surface area contributed by atoms with E-state index in [2.05, 4.69) is 10.2 Å². The molecule has 1 atom stereocenters. The van der Waals surface area contributed by atoms with Crippen LogP contribution in [0.3, 0.4) is 0 Å². The number of methoxy groups -OCH3 is 1. The molecule has 1 fully saturated rings. The number of thioether (sulfide) groups is 1. The summed E-state index contributed by atoms with van der Waals surface area (Å²) in [5, 5.41) is 9.51.